The van der Waals surface area contributed by atoms with Crippen LogP contribution in [0.25, 0.3) is 0 Å². The minimum Gasteiger partial charge on any atom is -0.463 e. The summed E-state index contributed by atoms with van der Waals surface area (Å²) < 4.78 is 0.994. The van der Waals surface area contributed by atoms with Gasteiger partial charge in [-0.2, -0.15) is 14.8 Å². The zero-order chi connectivity index (χ0) is 21.3. The highest BCUT2D eigenvalue weighted by Gasteiger charge is 2.50. The van der Waals surface area contributed by atoms with E-state index in [0.717, 1.165) is 10.2 Å². The summed E-state index contributed by atoms with van der Waals surface area (Å²) >= 11 is 0. The molecular formula is C18H17N7O5. The summed E-state index contributed by atoms with van der Waals surface area (Å²) in [5.41, 5.74) is 7.28. The molecule has 2 aliphatic rings. The molecule has 2 bridgehead atoms. The van der Waals surface area contributed by atoms with Gasteiger partial charge in [-0.25, -0.2) is 19.4 Å². The number of hydroxylamine groups is 2. The molecule has 4 rings (SSSR count). The fourth-order valence-corrected chi connectivity index (χ4v) is 3.51. The van der Waals surface area contributed by atoms with Gasteiger partial charge < -0.3 is 15.7 Å². The molecule has 1 saturated heterocycles. The molecule has 30 heavy (non-hydrogen) atoms. The SMILES string of the molecule is NC(=O)n1cc2c(n1)C(CN=C=NC(=O)O)N1CC2N(OCc2ccccc2)C1=O. The topological polar surface area (TPSA) is 156 Å². The van der Waals surface area contributed by atoms with Crippen molar-refractivity contribution in [1.82, 2.24) is 19.7 Å². The standard InChI is InChI=1S/C18H17N7O5/c19-16(26)24-7-12-14-8-23(13(15(12)22-24)6-20-10-21-17(27)28)18(29)25(14)30-9-11-4-2-1-3-5-11/h1-5,7,13-14H,6,8-9H2,(H2,19,26)(H,27,28). The molecule has 1 aromatic heterocycles. The van der Waals surface area contributed by atoms with Crippen LogP contribution in [-0.2, 0) is 11.4 Å². The van der Waals surface area contributed by atoms with E-state index in [-0.39, 0.29) is 19.2 Å². The molecule has 2 unspecified atom stereocenters. The van der Waals surface area contributed by atoms with Gasteiger partial charge in [0.1, 0.15) is 18.7 Å². The average molecular weight is 411 g/mol. The number of aromatic nitrogens is 2. The Morgan fingerprint density at radius 3 is 2.80 bits per heavy atom. The first-order valence-electron chi connectivity index (χ1n) is 8.96. The van der Waals surface area contributed by atoms with Crippen molar-refractivity contribution >= 4 is 24.2 Å². The quantitative estimate of drug-likeness (QED) is 0.712. The van der Waals surface area contributed by atoms with Gasteiger partial charge >= 0.3 is 18.2 Å². The lowest BCUT2D eigenvalue weighted by atomic mass is 9.98. The van der Waals surface area contributed by atoms with Crippen LogP contribution < -0.4 is 5.73 Å². The Morgan fingerprint density at radius 1 is 1.33 bits per heavy atom. The number of carboxylic acid groups (broad SMARTS) is 1. The third kappa shape index (κ3) is 3.52. The summed E-state index contributed by atoms with van der Waals surface area (Å²) in [6.45, 7) is 0.441. The average Bonchev–Trinajstić information content (AvgIpc) is 3.28. The summed E-state index contributed by atoms with van der Waals surface area (Å²) in [4.78, 5) is 49.2. The van der Waals surface area contributed by atoms with Crippen LogP contribution in [0.1, 0.15) is 28.9 Å². The van der Waals surface area contributed by atoms with Crippen molar-refractivity contribution in [2.45, 2.75) is 18.7 Å². The number of primary amides is 1. The highest BCUT2D eigenvalue weighted by atomic mass is 16.7. The van der Waals surface area contributed by atoms with Crippen LogP contribution in [0.4, 0.5) is 14.4 Å². The van der Waals surface area contributed by atoms with Gasteiger partial charge in [0.05, 0.1) is 24.8 Å². The fourth-order valence-electron chi connectivity index (χ4n) is 3.51. The normalized spacial score (nSPS) is 19.3. The van der Waals surface area contributed by atoms with Crippen molar-refractivity contribution in [3.8, 4) is 0 Å². The van der Waals surface area contributed by atoms with Crippen LogP contribution in [0.3, 0.4) is 0 Å². The van der Waals surface area contributed by atoms with E-state index < -0.39 is 24.2 Å². The second kappa shape index (κ2) is 7.78. The van der Waals surface area contributed by atoms with Crippen molar-refractivity contribution in [2.75, 3.05) is 13.1 Å². The Hall–Kier alpha value is -4.02. The van der Waals surface area contributed by atoms with Crippen LogP contribution in [0.2, 0.25) is 0 Å². The van der Waals surface area contributed by atoms with Crippen LogP contribution >= 0.6 is 0 Å². The lowest BCUT2D eigenvalue weighted by molar-refractivity contribution is -0.141. The van der Waals surface area contributed by atoms with Crippen molar-refractivity contribution < 1.29 is 24.3 Å². The van der Waals surface area contributed by atoms with Crippen LogP contribution in [0, 0.1) is 0 Å². The van der Waals surface area contributed by atoms with E-state index in [1.54, 1.807) is 0 Å². The van der Waals surface area contributed by atoms with E-state index in [1.807, 2.05) is 30.3 Å². The molecule has 0 radical (unpaired) electrons. The molecule has 2 aliphatic heterocycles. The van der Waals surface area contributed by atoms with E-state index in [4.69, 9.17) is 15.7 Å². The number of amides is 4. The minimum atomic E-state index is -1.43. The van der Waals surface area contributed by atoms with Crippen molar-refractivity contribution in [3.05, 3.63) is 53.3 Å². The van der Waals surface area contributed by atoms with Crippen molar-refractivity contribution in [3.63, 3.8) is 0 Å². The molecule has 154 valence electrons. The van der Waals surface area contributed by atoms with E-state index in [0.29, 0.717) is 17.8 Å². The number of fused-ring (bicyclic) bond motifs is 4. The summed E-state index contributed by atoms with van der Waals surface area (Å²) in [6.07, 6.45) is 0.0398. The molecule has 0 spiro atoms. The number of urea groups is 1. The zero-order valence-corrected chi connectivity index (χ0v) is 15.6. The first-order valence-corrected chi connectivity index (χ1v) is 8.96. The fraction of sp³-hybridized carbons (Fsp3) is 0.278. The van der Waals surface area contributed by atoms with Gasteiger partial charge in [-0.15, -0.1) is 4.99 Å². The Labute approximate surface area is 169 Å². The first kappa shape index (κ1) is 19.3. The predicted octanol–water partition coefficient (Wildman–Crippen LogP) is 1.63. The molecule has 3 heterocycles. The molecule has 1 fully saturated rings. The second-order valence-corrected chi connectivity index (χ2v) is 6.64. The van der Waals surface area contributed by atoms with Crippen LogP contribution in [0.15, 0.2) is 46.5 Å². The van der Waals surface area contributed by atoms with Crippen molar-refractivity contribution in [1.29, 1.82) is 0 Å². The summed E-state index contributed by atoms with van der Waals surface area (Å²) in [5.74, 6) is 0. The van der Waals surface area contributed by atoms with Gasteiger partial charge in [0.15, 0.2) is 0 Å². The van der Waals surface area contributed by atoms with E-state index in [2.05, 4.69) is 21.1 Å². The Bertz CT molecular complexity index is 1060. The lowest BCUT2D eigenvalue weighted by Crippen LogP contribution is -2.36. The van der Waals surface area contributed by atoms with Gasteiger partial charge in [-0.1, -0.05) is 30.3 Å². The maximum Gasteiger partial charge on any atom is 0.440 e. The molecule has 12 heteroatoms. The number of carbonyl (C=O) groups excluding carboxylic acids is 2. The van der Waals surface area contributed by atoms with Gasteiger partial charge in [-0.05, 0) is 5.56 Å². The Kier molecular flexibility index (Phi) is 5.00. The molecular weight excluding hydrogens is 394 g/mol. The third-order valence-corrected chi connectivity index (χ3v) is 4.83. The van der Waals surface area contributed by atoms with Crippen LogP contribution in [0.5, 0.6) is 0 Å². The summed E-state index contributed by atoms with van der Waals surface area (Å²) in [6, 6.07) is 9.17. The van der Waals surface area contributed by atoms with Crippen LogP contribution in [-0.4, -0.2) is 62.1 Å². The molecule has 2 aromatic rings. The second-order valence-electron chi connectivity index (χ2n) is 6.64. The first-order chi connectivity index (χ1) is 14.5. The minimum absolute atomic E-state index is 0.0372. The van der Waals surface area contributed by atoms with Crippen molar-refractivity contribution in [2.24, 2.45) is 15.7 Å². The number of carbonyl (C=O) groups is 3. The van der Waals surface area contributed by atoms with Gasteiger partial charge in [0, 0.05) is 11.8 Å². The number of hydrogen-bond acceptors (Lipinski definition) is 6. The van der Waals surface area contributed by atoms with E-state index in [1.165, 1.54) is 16.2 Å². The predicted molar refractivity (Wildman–Crippen MR) is 101 cm³/mol. The monoisotopic (exact) mass is 411 g/mol. The van der Waals surface area contributed by atoms with Gasteiger partial charge in [0.2, 0.25) is 0 Å². The van der Waals surface area contributed by atoms with Gasteiger partial charge in [0.25, 0.3) is 0 Å². The van der Waals surface area contributed by atoms with E-state index >= 15 is 0 Å². The maximum absolute atomic E-state index is 13.0. The third-order valence-electron chi connectivity index (χ3n) is 4.83. The highest BCUT2D eigenvalue weighted by molar-refractivity contribution is 5.79. The smallest absolute Gasteiger partial charge is 0.440 e. The van der Waals surface area contributed by atoms with E-state index in [9.17, 15) is 14.4 Å². The Balaban J connectivity index is 1.63. The number of rotatable bonds is 5. The molecule has 0 aliphatic carbocycles. The lowest BCUT2D eigenvalue weighted by Gasteiger charge is -2.27. The molecule has 12 nitrogen and oxygen atoms in total. The molecule has 1 aromatic carbocycles. The molecule has 0 saturated carbocycles. The molecule has 2 atom stereocenters. The largest absolute Gasteiger partial charge is 0.463 e. The number of nitrogens with zero attached hydrogens (tertiary/aromatic N) is 6. The number of nitrogens with two attached hydrogens (primary N) is 1. The highest BCUT2D eigenvalue weighted by Crippen LogP contribution is 2.43. The molecule has 4 amide bonds. The summed E-state index contributed by atoms with van der Waals surface area (Å²) in [7, 11) is 0. The van der Waals surface area contributed by atoms with Gasteiger partial charge in [-0.3, -0.25) is 4.84 Å². The number of benzene rings is 1. The number of aliphatic imine (C=N–C) groups is 2. The zero-order valence-electron chi connectivity index (χ0n) is 15.6. The molecule has 3 N–H and O–H groups in total. The summed E-state index contributed by atoms with van der Waals surface area (Å²) in [5, 5.41) is 14.0. The maximum atomic E-state index is 13.0. The number of hydrogen-bond donors (Lipinski definition) is 2. The Morgan fingerprint density at radius 2 is 2.10 bits per heavy atom.